The standard InChI is InChI=1S/C23H23F6N3O4/c1-12-31-16-8-17(35-3)18(36-19(10-34-2)23(27,28)29)7-14(16)21(32-12)30-9-13-5-4-6-15(20(13)24)22(25,26)11-33/h4-8,19,33H,9-11H2,1-3H3,(H,30,31,32). The number of hydrogen-bond donors (Lipinski definition) is 2. The first-order valence-corrected chi connectivity index (χ1v) is 10.5. The van der Waals surface area contributed by atoms with Crippen molar-refractivity contribution in [1.82, 2.24) is 9.97 Å². The molecule has 2 aromatic carbocycles. The van der Waals surface area contributed by atoms with Crippen molar-refractivity contribution >= 4 is 16.7 Å². The van der Waals surface area contributed by atoms with Gasteiger partial charge in [-0.05, 0) is 19.1 Å². The molecule has 3 rings (SSSR count). The lowest BCUT2D eigenvalue weighted by molar-refractivity contribution is -0.206. The third kappa shape index (κ3) is 5.90. The van der Waals surface area contributed by atoms with E-state index in [2.05, 4.69) is 20.0 Å². The van der Waals surface area contributed by atoms with Gasteiger partial charge < -0.3 is 24.6 Å². The molecule has 0 fully saturated rings. The van der Waals surface area contributed by atoms with Crippen LogP contribution in [0.25, 0.3) is 10.9 Å². The lowest BCUT2D eigenvalue weighted by Gasteiger charge is -2.22. The third-order valence-electron chi connectivity index (χ3n) is 5.16. The minimum atomic E-state index is -4.74. The average Bonchev–Trinajstić information content (AvgIpc) is 2.81. The highest BCUT2D eigenvalue weighted by Crippen LogP contribution is 2.37. The number of halogens is 6. The number of aliphatic hydroxyl groups excluding tert-OH is 1. The molecule has 0 aliphatic heterocycles. The minimum absolute atomic E-state index is 0.0260. The molecule has 1 heterocycles. The maximum atomic E-state index is 14.7. The van der Waals surface area contributed by atoms with E-state index < -0.39 is 42.8 Å². The van der Waals surface area contributed by atoms with Gasteiger partial charge in [-0.15, -0.1) is 0 Å². The summed E-state index contributed by atoms with van der Waals surface area (Å²) < 4.78 is 97.5. The molecule has 1 aromatic heterocycles. The number of aryl methyl sites for hydroxylation is 1. The predicted octanol–water partition coefficient (Wildman–Crippen LogP) is 4.74. The van der Waals surface area contributed by atoms with E-state index in [-0.39, 0.29) is 46.2 Å². The Morgan fingerprint density at radius 3 is 2.39 bits per heavy atom. The van der Waals surface area contributed by atoms with Crippen molar-refractivity contribution in [1.29, 1.82) is 0 Å². The van der Waals surface area contributed by atoms with E-state index in [1.54, 1.807) is 6.92 Å². The van der Waals surface area contributed by atoms with Crippen LogP contribution < -0.4 is 14.8 Å². The van der Waals surface area contributed by atoms with Crippen LogP contribution in [0.5, 0.6) is 11.5 Å². The molecule has 1 atom stereocenters. The number of aliphatic hydroxyl groups is 1. The normalized spacial score (nSPS) is 13.1. The molecule has 0 saturated carbocycles. The van der Waals surface area contributed by atoms with Crippen molar-refractivity contribution in [3.63, 3.8) is 0 Å². The minimum Gasteiger partial charge on any atom is -0.493 e. The number of benzene rings is 2. The number of methoxy groups -OCH3 is 2. The van der Waals surface area contributed by atoms with Crippen LogP contribution >= 0.6 is 0 Å². The Labute approximate surface area is 202 Å². The van der Waals surface area contributed by atoms with Crippen LogP contribution in [0, 0.1) is 12.7 Å². The Morgan fingerprint density at radius 2 is 1.78 bits per heavy atom. The second kappa shape index (κ2) is 10.7. The molecular formula is C23H23F6N3O4. The molecule has 7 nitrogen and oxygen atoms in total. The molecule has 13 heteroatoms. The molecule has 0 bridgehead atoms. The summed E-state index contributed by atoms with van der Waals surface area (Å²) in [6.07, 6.45) is -7.03. The van der Waals surface area contributed by atoms with Gasteiger partial charge in [0.15, 0.2) is 11.5 Å². The van der Waals surface area contributed by atoms with Gasteiger partial charge in [0, 0.05) is 30.7 Å². The van der Waals surface area contributed by atoms with Crippen LogP contribution in [-0.2, 0) is 17.2 Å². The average molecular weight is 519 g/mol. The number of nitrogens with zero attached hydrogens (tertiary/aromatic N) is 2. The van der Waals surface area contributed by atoms with E-state index in [0.29, 0.717) is 0 Å². The summed E-state index contributed by atoms with van der Waals surface area (Å²) in [7, 11) is 2.35. The Kier molecular flexibility index (Phi) is 8.14. The van der Waals surface area contributed by atoms with E-state index in [9.17, 15) is 26.3 Å². The zero-order chi connectivity index (χ0) is 26.7. The zero-order valence-electron chi connectivity index (χ0n) is 19.4. The summed E-state index contributed by atoms with van der Waals surface area (Å²) in [6.45, 7) is -1.08. The number of anilines is 1. The van der Waals surface area contributed by atoms with Crippen LogP contribution in [0.4, 0.5) is 32.2 Å². The first-order valence-electron chi connectivity index (χ1n) is 10.5. The van der Waals surface area contributed by atoms with Crippen LogP contribution in [0.15, 0.2) is 30.3 Å². The second-order valence-electron chi connectivity index (χ2n) is 7.74. The molecule has 1 unspecified atom stereocenters. The molecule has 3 aromatic rings. The van der Waals surface area contributed by atoms with E-state index in [1.807, 2.05) is 0 Å². The Hall–Kier alpha value is -3.32. The van der Waals surface area contributed by atoms with Crippen molar-refractivity contribution < 1.29 is 45.7 Å². The highest BCUT2D eigenvalue weighted by atomic mass is 19.4. The lowest BCUT2D eigenvalue weighted by atomic mass is 10.0. The summed E-state index contributed by atoms with van der Waals surface area (Å²) in [4.78, 5) is 8.46. The monoisotopic (exact) mass is 519 g/mol. The lowest BCUT2D eigenvalue weighted by Crippen LogP contribution is -2.38. The van der Waals surface area contributed by atoms with E-state index in [4.69, 9.17) is 14.6 Å². The maximum Gasteiger partial charge on any atom is 0.427 e. The number of ether oxygens (including phenoxy) is 3. The smallest absolute Gasteiger partial charge is 0.427 e. The molecule has 0 aliphatic carbocycles. The Balaban J connectivity index is 2.01. The van der Waals surface area contributed by atoms with Crippen molar-refractivity contribution in [2.45, 2.75) is 31.7 Å². The number of hydrogen-bond acceptors (Lipinski definition) is 7. The Morgan fingerprint density at radius 1 is 1.06 bits per heavy atom. The topological polar surface area (TPSA) is 85.7 Å². The predicted molar refractivity (Wildman–Crippen MR) is 118 cm³/mol. The number of aromatic nitrogens is 2. The molecule has 0 saturated heterocycles. The maximum absolute atomic E-state index is 14.7. The van der Waals surface area contributed by atoms with Gasteiger partial charge in [0.2, 0.25) is 6.10 Å². The van der Waals surface area contributed by atoms with Gasteiger partial charge >= 0.3 is 6.18 Å². The van der Waals surface area contributed by atoms with Crippen LogP contribution in [0.3, 0.4) is 0 Å². The van der Waals surface area contributed by atoms with E-state index in [1.165, 1.54) is 31.4 Å². The second-order valence-corrected chi connectivity index (χ2v) is 7.74. The summed E-state index contributed by atoms with van der Waals surface area (Å²) in [5.74, 6) is -4.92. The van der Waals surface area contributed by atoms with Crippen LogP contribution in [-0.4, -0.2) is 54.8 Å². The largest absolute Gasteiger partial charge is 0.493 e. The molecule has 0 aliphatic rings. The van der Waals surface area contributed by atoms with Crippen molar-refractivity contribution in [2.24, 2.45) is 0 Å². The van der Waals surface area contributed by atoms with Crippen LogP contribution in [0.1, 0.15) is 17.0 Å². The van der Waals surface area contributed by atoms with Gasteiger partial charge in [-0.25, -0.2) is 14.4 Å². The SMILES string of the molecule is COCC(Oc1cc2c(NCc3cccc(C(F)(F)CO)c3F)nc(C)nc2cc1OC)C(F)(F)F. The molecule has 0 radical (unpaired) electrons. The molecule has 0 spiro atoms. The quantitative estimate of drug-likeness (QED) is 0.375. The first-order chi connectivity index (χ1) is 16.9. The van der Waals surface area contributed by atoms with Gasteiger partial charge in [0.05, 0.1) is 24.8 Å². The number of rotatable bonds is 10. The Bertz CT molecular complexity index is 1220. The first kappa shape index (κ1) is 27.3. The number of nitrogens with one attached hydrogen (secondary N) is 1. The third-order valence-corrected chi connectivity index (χ3v) is 5.16. The molecule has 2 N–H and O–H groups in total. The van der Waals surface area contributed by atoms with Gasteiger partial charge in [-0.3, -0.25) is 0 Å². The fraction of sp³-hybridized carbons (Fsp3) is 0.391. The van der Waals surface area contributed by atoms with E-state index in [0.717, 1.165) is 13.2 Å². The van der Waals surface area contributed by atoms with Gasteiger partial charge in [0.1, 0.15) is 24.1 Å². The van der Waals surface area contributed by atoms with Gasteiger partial charge in [-0.2, -0.15) is 22.0 Å². The fourth-order valence-electron chi connectivity index (χ4n) is 3.40. The van der Waals surface area contributed by atoms with Crippen molar-refractivity contribution in [3.8, 4) is 11.5 Å². The van der Waals surface area contributed by atoms with Gasteiger partial charge in [0.25, 0.3) is 5.92 Å². The summed E-state index contributed by atoms with van der Waals surface area (Å²) >= 11 is 0. The van der Waals surface area contributed by atoms with E-state index >= 15 is 0 Å². The zero-order valence-corrected chi connectivity index (χ0v) is 19.4. The highest BCUT2D eigenvalue weighted by Gasteiger charge is 2.42. The number of alkyl halides is 5. The molecule has 0 amide bonds. The van der Waals surface area contributed by atoms with Crippen LogP contribution in [0.2, 0.25) is 0 Å². The molecule has 196 valence electrons. The number of fused-ring (bicyclic) bond motifs is 1. The molecule has 36 heavy (non-hydrogen) atoms. The summed E-state index contributed by atoms with van der Waals surface area (Å²) in [5.41, 5.74) is -0.831. The van der Waals surface area contributed by atoms with Gasteiger partial charge in [-0.1, -0.05) is 12.1 Å². The van der Waals surface area contributed by atoms with Crippen molar-refractivity contribution in [3.05, 3.63) is 53.1 Å². The summed E-state index contributed by atoms with van der Waals surface area (Å²) in [6, 6.07) is 5.94. The van der Waals surface area contributed by atoms with Crippen molar-refractivity contribution in [2.75, 3.05) is 32.8 Å². The molecular weight excluding hydrogens is 496 g/mol. The fourth-order valence-corrected chi connectivity index (χ4v) is 3.40. The summed E-state index contributed by atoms with van der Waals surface area (Å²) in [5, 5.41) is 11.9. The highest BCUT2D eigenvalue weighted by molar-refractivity contribution is 5.91.